The highest BCUT2D eigenvalue weighted by molar-refractivity contribution is 7.98. The molecule has 1 aromatic rings. The van der Waals surface area contributed by atoms with Gasteiger partial charge in [-0.15, -0.1) is 23.1 Å². The third kappa shape index (κ3) is 3.67. The lowest BCUT2D eigenvalue weighted by Gasteiger charge is -2.39. The minimum absolute atomic E-state index is 0.234. The van der Waals surface area contributed by atoms with E-state index in [1.54, 1.807) is 23.1 Å². The number of hydrogen-bond acceptors (Lipinski definition) is 5. The summed E-state index contributed by atoms with van der Waals surface area (Å²) < 4.78 is 5.43. The van der Waals surface area contributed by atoms with Gasteiger partial charge in [0.1, 0.15) is 4.88 Å². The summed E-state index contributed by atoms with van der Waals surface area (Å²) in [6, 6.07) is 2.42. The van der Waals surface area contributed by atoms with Crippen molar-refractivity contribution >= 4 is 29.0 Å². The minimum atomic E-state index is 0.234. The number of ether oxygens (including phenoxy) is 1. The summed E-state index contributed by atoms with van der Waals surface area (Å²) in [5.74, 6) is 0.234. The standard InChI is InChI=1S/C16H24N2O2S2/c1-21-14-5-11-22-15(14)16(19)18-6-3-2-4-13(18)12-17-7-9-20-10-8-17/h5,11,13H,2-4,6-10,12H2,1H3/t13-/m0/s1. The molecule has 2 aliphatic rings. The number of likely N-dealkylation sites (tertiary alicyclic amines) is 1. The van der Waals surface area contributed by atoms with E-state index in [0.717, 1.165) is 62.0 Å². The van der Waals surface area contributed by atoms with Gasteiger partial charge in [0.15, 0.2) is 0 Å². The number of thiophene rings is 1. The van der Waals surface area contributed by atoms with Gasteiger partial charge in [-0.1, -0.05) is 0 Å². The number of piperidine rings is 1. The second-order valence-corrected chi connectivity index (χ2v) is 7.64. The maximum absolute atomic E-state index is 13.0. The Morgan fingerprint density at radius 1 is 1.36 bits per heavy atom. The second kappa shape index (κ2) is 7.81. The fourth-order valence-corrected chi connectivity index (χ4v) is 4.98. The highest BCUT2D eigenvalue weighted by Crippen LogP contribution is 2.29. The Balaban J connectivity index is 1.70. The first-order chi connectivity index (χ1) is 10.8. The second-order valence-electron chi connectivity index (χ2n) is 5.88. The number of hydrogen-bond donors (Lipinski definition) is 0. The molecule has 122 valence electrons. The van der Waals surface area contributed by atoms with Crippen molar-refractivity contribution in [1.29, 1.82) is 0 Å². The Bertz CT molecular complexity index is 500. The number of amides is 1. The van der Waals surface area contributed by atoms with Crippen molar-refractivity contribution in [1.82, 2.24) is 9.80 Å². The lowest BCUT2D eigenvalue weighted by Crippen LogP contribution is -2.51. The highest BCUT2D eigenvalue weighted by Gasteiger charge is 2.30. The molecule has 0 bridgehead atoms. The van der Waals surface area contributed by atoms with Crippen LogP contribution in [-0.2, 0) is 4.74 Å². The molecular formula is C16H24N2O2S2. The molecule has 0 radical (unpaired) electrons. The van der Waals surface area contributed by atoms with Crippen molar-refractivity contribution in [3.63, 3.8) is 0 Å². The minimum Gasteiger partial charge on any atom is -0.379 e. The third-order valence-electron chi connectivity index (χ3n) is 4.50. The van der Waals surface area contributed by atoms with Crippen LogP contribution in [0, 0.1) is 0 Å². The molecule has 2 aliphatic heterocycles. The molecule has 0 unspecified atom stereocenters. The average Bonchev–Trinajstić information content (AvgIpc) is 3.04. The summed E-state index contributed by atoms with van der Waals surface area (Å²) in [5, 5.41) is 2.03. The third-order valence-corrected chi connectivity index (χ3v) is 6.32. The van der Waals surface area contributed by atoms with Gasteiger partial charge in [0, 0.05) is 37.1 Å². The Kier molecular flexibility index (Phi) is 5.79. The molecular weight excluding hydrogens is 316 g/mol. The zero-order valence-electron chi connectivity index (χ0n) is 13.1. The van der Waals surface area contributed by atoms with Gasteiger partial charge in [0.2, 0.25) is 0 Å². The van der Waals surface area contributed by atoms with Crippen LogP contribution >= 0.6 is 23.1 Å². The topological polar surface area (TPSA) is 32.8 Å². The lowest BCUT2D eigenvalue weighted by molar-refractivity contribution is 0.0166. The van der Waals surface area contributed by atoms with E-state index in [0.29, 0.717) is 6.04 Å². The van der Waals surface area contributed by atoms with E-state index in [2.05, 4.69) is 15.9 Å². The molecule has 2 fully saturated rings. The van der Waals surface area contributed by atoms with Gasteiger partial charge >= 0.3 is 0 Å². The number of thioether (sulfide) groups is 1. The predicted octanol–water partition coefficient (Wildman–Crippen LogP) is 2.80. The summed E-state index contributed by atoms with van der Waals surface area (Å²) in [4.78, 5) is 19.6. The molecule has 0 saturated carbocycles. The summed E-state index contributed by atoms with van der Waals surface area (Å²) in [5.41, 5.74) is 0. The summed E-state index contributed by atoms with van der Waals surface area (Å²) in [7, 11) is 0. The molecule has 22 heavy (non-hydrogen) atoms. The quantitative estimate of drug-likeness (QED) is 0.789. The smallest absolute Gasteiger partial charge is 0.265 e. The van der Waals surface area contributed by atoms with Crippen LogP contribution in [0.2, 0.25) is 0 Å². The van der Waals surface area contributed by atoms with Crippen molar-refractivity contribution in [2.24, 2.45) is 0 Å². The van der Waals surface area contributed by atoms with Crippen molar-refractivity contribution in [3.8, 4) is 0 Å². The van der Waals surface area contributed by atoms with Crippen LogP contribution in [-0.4, -0.2) is 67.4 Å². The van der Waals surface area contributed by atoms with Gasteiger partial charge in [-0.25, -0.2) is 0 Å². The van der Waals surface area contributed by atoms with Crippen LogP contribution in [0.5, 0.6) is 0 Å². The molecule has 1 amide bonds. The maximum atomic E-state index is 13.0. The summed E-state index contributed by atoms with van der Waals surface area (Å²) >= 11 is 3.25. The first kappa shape index (κ1) is 16.3. The van der Waals surface area contributed by atoms with Gasteiger partial charge in [-0.2, -0.15) is 0 Å². The molecule has 0 aliphatic carbocycles. The monoisotopic (exact) mass is 340 g/mol. The molecule has 3 heterocycles. The van der Waals surface area contributed by atoms with Gasteiger partial charge in [0.05, 0.1) is 13.2 Å². The van der Waals surface area contributed by atoms with Gasteiger partial charge in [0.25, 0.3) is 5.91 Å². The Labute approximate surface area is 140 Å². The van der Waals surface area contributed by atoms with Gasteiger partial charge in [-0.3, -0.25) is 9.69 Å². The Morgan fingerprint density at radius 2 is 2.18 bits per heavy atom. The Hall–Kier alpha value is -0.560. The van der Waals surface area contributed by atoms with Crippen LogP contribution in [0.1, 0.15) is 28.9 Å². The first-order valence-corrected chi connectivity index (χ1v) is 10.1. The molecule has 2 saturated heterocycles. The van der Waals surface area contributed by atoms with E-state index in [1.165, 1.54) is 6.42 Å². The van der Waals surface area contributed by atoms with Crippen LogP contribution < -0.4 is 0 Å². The van der Waals surface area contributed by atoms with Crippen LogP contribution in [0.25, 0.3) is 0 Å². The molecule has 0 N–H and O–H groups in total. The fourth-order valence-electron chi connectivity index (χ4n) is 3.28. The molecule has 1 atom stereocenters. The van der Waals surface area contributed by atoms with E-state index >= 15 is 0 Å². The maximum Gasteiger partial charge on any atom is 0.265 e. The number of rotatable bonds is 4. The van der Waals surface area contributed by atoms with E-state index in [9.17, 15) is 4.79 Å². The number of nitrogens with zero attached hydrogens (tertiary/aromatic N) is 2. The lowest BCUT2D eigenvalue weighted by atomic mass is 10.0. The summed E-state index contributed by atoms with van der Waals surface area (Å²) in [6.07, 6.45) is 5.53. The van der Waals surface area contributed by atoms with Crippen LogP contribution in [0.3, 0.4) is 0 Å². The van der Waals surface area contributed by atoms with Crippen molar-refractivity contribution in [2.75, 3.05) is 45.6 Å². The number of morpholine rings is 1. The number of carbonyl (C=O) groups is 1. The zero-order valence-corrected chi connectivity index (χ0v) is 14.8. The molecule has 0 spiro atoms. The molecule has 6 heteroatoms. The van der Waals surface area contributed by atoms with Crippen molar-refractivity contribution in [2.45, 2.75) is 30.2 Å². The van der Waals surface area contributed by atoms with E-state index in [1.807, 2.05) is 11.6 Å². The van der Waals surface area contributed by atoms with Crippen molar-refractivity contribution < 1.29 is 9.53 Å². The number of carbonyl (C=O) groups excluding carboxylic acids is 1. The summed E-state index contributed by atoms with van der Waals surface area (Å²) in [6.45, 7) is 5.53. The molecule has 1 aromatic heterocycles. The zero-order chi connectivity index (χ0) is 15.4. The van der Waals surface area contributed by atoms with Crippen molar-refractivity contribution in [3.05, 3.63) is 16.3 Å². The largest absolute Gasteiger partial charge is 0.379 e. The SMILES string of the molecule is CSc1ccsc1C(=O)N1CCCC[C@H]1CN1CCOCC1. The van der Waals surface area contributed by atoms with Gasteiger partial charge < -0.3 is 9.64 Å². The molecule has 3 rings (SSSR count). The van der Waals surface area contributed by atoms with E-state index < -0.39 is 0 Å². The molecule has 4 nitrogen and oxygen atoms in total. The normalized spacial score (nSPS) is 23.7. The van der Waals surface area contributed by atoms with E-state index in [4.69, 9.17) is 4.74 Å². The fraction of sp³-hybridized carbons (Fsp3) is 0.688. The average molecular weight is 341 g/mol. The first-order valence-electron chi connectivity index (χ1n) is 8.02. The van der Waals surface area contributed by atoms with Gasteiger partial charge in [-0.05, 0) is 37.0 Å². The van der Waals surface area contributed by atoms with E-state index in [-0.39, 0.29) is 5.91 Å². The van der Waals surface area contributed by atoms with Crippen LogP contribution in [0.4, 0.5) is 0 Å². The highest BCUT2D eigenvalue weighted by atomic mass is 32.2. The molecule has 0 aromatic carbocycles. The Morgan fingerprint density at radius 3 is 2.95 bits per heavy atom. The van der Waals surface area contributed by atoms with Crippen LogP contribution in [0.15, 0.2) is 16.3 Å². The predicted molar refractivity (Wildman–Crippen MR) is 92.0 cm³/mol.